The summed E-state index contributed by atoms with van der Waals surface area (Å²) in [4.78, 5) is 23.0. The molecule has 0 radical (unpaired) electrons. The summed E-state index contributed by atoms with van der Waals surface area (Å²) in [5.74, 6) is -0.102. The number of aliphatic hydroxyl groups excluding tert-OH is 1. The van der Waals surface area contributed by atoms with Crippen molar-refractivity contribution in [3.05, 3.63) is 36.2 Å². The van der Waals surface area contributed by atoms with Crippen LogP contribution < -0.4 is 0 Å². The van der Waals surface area contributed by atoms with Gasteiger partial charge in [0.1, 0.15) is 5.52 Å². The van der Waals surface area contributed by atoms with Crippen LogP contribution in [0.3, 0.4) is 0 Å². The first-order chi connectivity index (χ1) is 10.2. The van der Waals surface area contributed by atoms with Crippen molar-refractivity contribution in [2.45, 2.75) is 19.1 Å². The third-order valence-corrected chi connectivity index (χ3v) is 3.70. The average Bonchev–Trinajstić information content (AvgIpc) is 2.54. The number of amides is 1. The molecule has 2 heterocycles. The summed E-state index contributed by atoms with van der Waals surface area (Å²) in [5.41, 5.74) is 1.83. The molecule has 21 heavy (non-hydrogen) atoms. The Morgan fingerprint density at radius 3 is 3.05 bits per heavy atom. The Kier molecular flexibility index (Phi) is 3.81. The third-order valence-electron chi connectivity index (χ3n) is 3.70. The molecule has 2 aromatic rings. The molecular weight excluding hydrogens is 270 g/mol. The molecule has 1 amide bonds. The first kappa shape index (κ1) is 13.9. The number of rotatable bonds is 2. The first-order valence-electron chi connectivity index (χ1n) is 6.94. The normalized spacial score (nSPS) is 22.5. The number of para-hydroxylation sites is 1. The highest BCUT2D eigenvalue weighted by molar-refractivity contribution is 6.04. The molecule has 0 spiro atoms. The van der Waals surface area contributed by atoms with Crippen molar-refractivity contribution in [1.82, 2.24) is 14.9 Å². The van der Waals surface area contributed by atoms with Gasteiger partial charge in [-0.05, 0) is 19.1 Å². The lowest BCUT2D eigenvalue weighted by Gasteiger charge is -2.37. The monoisotopic (exact) mass is 287 g/mol. The second kappa shape index (κ2) is 5.75. The molecule has 3 rings (SSSR count). The highest BCUT2D eigenvalue weighted by Gasteiger charge is 2.30. The largest absolute Gasteiger partial charge is 0.394 e. The average molecular weight is 287 g/mol. The standard InChI is InChI=1S/C15H17N3O3/c1-10-9-21-11(8-19)7-18(10)15(20)12-3-2-4-13-14(12)17-6-5-16-13/h2-6,10-11,19H,7-9H2,1H3. The summed E-state index contributed by atoms with van der Waals surface area (Å²) in [7, 11) is 0. The van der Waals surface area contributed by atoms with Gasteiger partial charge in [0, 0.05) is 18.9 Å². The number of hydrogen-bond donors (Lipinski definition) is 1. The molecule has 1 aromatic heterocycles. The van der Waals surface area contributed by atoms with Crippen LogP contribution in [0.15, 0.2) is 30.6 Å². The van der Waals surface area contributed by atoms with E-state index in [1.807, 2.05) is 13.0 Å². The summed E-state index contributed by atoms with van der Waals surface area (Å²) in [6, 6.07) is 5.36. The van der Waals surface area contributed by atoms with Gasteiger partial charge < -0.3 is 14.7 Å². The van der Waals surface area contributed by atoms with Crippen molar-refractivity contribution in [2.75, 3.05) is 19.8 Å². The molecule has 2 atom stereocenters. The summed E-state index contributed by atoms with van der Waals surface area (Å²) >= 11 is 0. The van der Waals surface area contributed by atoms with Crippen LogP contribution in [0.1, 0.15) is 17.3 Å². The van der Waals surface area contributed by atoms with Crippen LogP contribution in [-0.2, 0) is 4.74 Å². The van der Waals surface area contributed by atoms with E-state index in [9.17, 15) is 9.90 Å². The fraction of sp³-hybridized carbons (Fsp3) is 0.400. The lowest BCUT2D eigenvalue weighted by Crippen LogP contribution is -2.52. The zero-order chi connectivity index (χ0) is 14.8. The molecule has 6 nitrogen and oxygen atoms in total. The van der Waals surface area contributed by atoms with Gasteiger partial charge in [0.05, 0.1) is 36.4 Å². The number of benzene rings is 1. The summed E-state index contributed by atoms with van der Waals surface area (Å²) in [5, 5.41) is 9.23. The number of morpholine rings is 1. The van der Waals surface area contributed by atoms with Gasteiger partial charge in [0.2, 0.25) is 0 Å². The Morgan fingerprint density at radius 1 is 1.43 bits per heavy atom. The Balaban J connectivity index is 1.96. The smallest absolute Gasteiger partial charge is 0.256 e. The van der Waals surface area contributed by atoms with Crippen LogP contribution in [0.2, 0.25) is 0 Å². The third kappa shape index (κ3) is 2.59. The summed E-state index contributed by atoms with van der Waals surface area (Å²) in [6.45, 7) is 2.65. The Morgan fingerprint density at radius 2 is 2.24 bits per heavy atom. The van der Waals surface area contributed by atoms with Crippen LogP contribution in [0, 0.1) is 0 Å². The lowest BCUT2D eigenvalue weighted by atomic mass is 10.1. The van der Waals surface area contributed by atoms with Crippen molar-refractivity contribution in [1.29, 1.82) is 0 Å². The highest BCUT2D eigenvalue weighted by Crippen LogP contribution is 2.20. The number of ether oxygens (including phenoxy) is 1. The van der Waals surface area contributed by atoms with Gasteiger partial charge in [0.25, 0.3) is 5.91 Å². The maximum atomic E-state index is 12.8. The summed E-state index contributed by atoms with van der Waals surface area (Å²) < 4.78 is 5.47. The molecule has 110 valence electrons. The summed E-state index contributed by atoms with van der Waals surface area (Å²) in [6.07, 6.45) is 2.86. The predicted octanol–water partition coefficient (Wildman–Crippen LogP) is 0.852. The lowest BCUT2D eigenvalue weighted by molar-refractivity contribution is -0.0667. The van der Waals surface area contributed by atoms with Gasteiger partial charge in [-0.1, -0.05) is 6.07 Å². The van der Waals surface area contributed by atoms with Crippen LogP contribution in [0.25, 0.3) is 11.0 Å². The van der Waals surface area contributed by atoms with Crippen LogP contribution in [0.5, 0.6) is 0 Å². The maximum Gasteiger partial charge on any atom is 0.256 e. The van der Waals surface area contributed by atoms with Crippen molar-refractivity contribution < 1.29 is 14.6 Å². The van der Waals surface area contributed by atoms with Crippen LogP contribution >= 0.6 is 0 Å². The van der Waals surface area contributed by atoms with E-state index in [1.165, 1.54) is 0 Å². The quantitative estimate of drug-likeness (QED) is 0.886. The van der Waals surface area contributed by atoms with Crippen molar-refractivity contribution in [3.8, 4) is 0 Å². The van der Waals surface area contributed by atoms with Crippen LogP contribution in [0.4, 0.5) is 0 Å². The molecule has 1 aromatic carbocycles. The minimum Gasteiger partial charge on any atom is -0.394 e. The minimum atomic E-state index is -0.328. The number of aliphatic hydroxyl groups is 1. The Bertz CT molecular complexity index is 656. The second-order valence-electron chi connectivity index (χ2n) is 5.17. The predicted molar refractivity (Wildman–Crippen MR) is 76.9 cm³/mol. The SMILES string of the molecule is CC1COC(CO)CN1C(=O)c1cccc2nccnc12. The van der Waals surface area contributed by atoms with E-state index in [1.54, 1.807) is 29.4 Å². The van der Waals surface area contributed by atoms with Gasteiger partial charge in [-0.15, -0.1) is 0 Å². The number of nitrogens with zero attached hydrogens (tertiary/aromatic N) is 3. The number of carbonyl (C=O) groups is 1. The van der Waals surface area contributed by atoms with Gasteiger partial charge in [-0.2, -0.15) is 0 Å². The van der Waals surface area contributed by atoms with E-state index < -0.39 is 0 Å². The van der Waals surface area contributed by atoms with E-state index in [2.05, 4.69) is 9.97 Å². The number of aromatic nitrogens is 2. The fourth-order valence-corrected chi connectivity index (χ4v) is 2.53. The molecule has 6 heteroatoms. The van der Waals surface area contributed by atoms with Gasteiger partial charge in [-0.3, -0.25) is 14.8 Å². The molecule has 1 saturated heterocycles. The highest BCUT2D eigenvalue weighted by atomic mass is 16.5. The van der Waals surface area contributed by atoms with Gasteiger partial charge in [-0.25, -0.2) is 0 Å². The number of fused-ring (bicyclic) bond motifs is 1. The molecule has 1 aliphatic heterocycles. The first-order valence-corrected chi connectivity index (χ1v) is 6.94. The Labute approximate surface area is 122 Å². The maximum absolute atomic E-state index is 12.8. The molecule has 2 unspecified atom stereocenters. The van der Waals surface area contributed by atoms with E-state index in [4.69, 9.17) is 4.74 Å². The minimum absolute atomic E-state index is 0.0350. The van der Waals surface area contributed by atoms with Gasteiger partial charge >= 0.3 is 0 Å². The molecule has 1 aliphatic rings. The molecule has 0 bridgehead atoms. The van der Waals surface area contributed by atoms with E-state index in [0.717, 1.165) is 0 Å². The van der Waals surface area contributed by atoms with E-state index >= 15 is 0 Å². The molecular formula is C15H17N3O3. The number of hydrogen-bond acceptors (Lipinski definition) is 5. The number of carbonyl (C=O) groups excluding carboxylic acids is 1. The second-order valence-corrected chi connectivity index (χ2v) is 5.17. The van der Waals surface area contributed by atoms with Crippen molar-refractivity contribution >= 4 is 16.9 Å². The molecule has 0 saturated carbocycles. The molecule has 0 aliphatic carbocycles. The zero-order valence-electron chi connectivity index (χ0n) is 11.8. The fourth-order valence-electron chi connectivity index (χ4n) is 2.53. The van der Waals surface area contributed by atoms with Crippen molar-refractivity contribution in [3.63, 3.8) is 0 Å². The van der Waals surface area contributed by atoms with E-state index in [-0.39, 0.29) is 24.7 Å². The van der Waals surface area contributed by atoms with E-state index in [0.29, 0.717) is 29.7 Å². The Hall–Kier alpha value is -2.05. The van der Waals surface area contributed by atoms with Crippen LogP contribution in [-0.4, -0.2) is 57.8 Å². The topological polar surface area (TPSA) is 75.6 Å². The van der Waals surface area contributed by atoms with Crippen molar-refractivity contribution in [2.24, 2.45) is 0 Å². The molecule has 1 fully saturated rings. The van der Waals surface area contributed by atoms with Gasteiger partial charge in [0.15, 0.2) is 0 Å². The molecule has 1 N–H and O–H groups in total. The zero-order valence-corrected chi connectivity index (χ0v) is 11.8.